The minimum Gasteiger partial charge on any atom is -0.497 e. The van der Waals surface area contributed by atoms with Crippen LogP contribution in [0.4, 0.5) is 4.39 Å². The largest absolute Gasteiger partial charge is 0.497 e. The van der Waals surface area contributed by atoms with E-state index < -0.39 is 0 Å². The number of ether oxygens (including phenoxy) is 1. The summed E-state index contributed by atoms with van der Waals surface area (Å²) >= 11 is 1.26. The van der Waals surface area contributed by atoms with Crippen LogP contribution in [-0.2, 0) is 0 Å². The van der Waals surface area contributed by atoms with E-state index in [1.54, 1.807) is 12.1 Å². The van der Waals surface area contributed by atoms with Crippen LogP contribution < -0.4 is 10.1 Å². The molecular formula is C13H16FN3OS. The number of nitrogens with one attached hydrogen (secondary N) is 1. The van der Waals surface area contributed by atoms with Crippen LogP contribution in [0.3, 0.4) is 0 Å². The van der Waals surface area contributed by atoms with Crippen LogP contribution in [0, 0.1) is 5.82 Å². The number of benzene rings is 1. The lowest BCUT2D eigenvalue weighted by Crippen LogP contribution is -2.24. The third-order valence-corrected chi connectivity index (χ3v) is 3.31. The molecule has 1 atom stereocenters. The number of hydrogen-bond acceptors (Lipinski definition) is 5. The Morgan fingerprint density at radius 3 is 2.89 bits per heavy atom. The predicted molar refractivity (Wildman–Crippen MR) is 73.0 cm³/mol. The summed E-state index contributed by atoms with van der Waals surface area (Å²) in [6, 6.07) is 4.58. The highest BCUT2D eigenvalue weighted by Gasteiger charge is 2.20. The van der Waals surface area contributed by atoms with Crippen molar-refractivity contribution in [1.82, 2.24) is 14.9 Å². The van der Waals surface area contributed by atoms with Gasteiger partial charge in [0.15, 0.2) is 0 Å². The second-order valence-corrected chi connectivity index (χ2v) is 4.71. The number of halogens is 1. The molecule has 4 nitrogen and oxygen atoms in total. The van der Waals surface area contributed by atoms with E-state index in [9.17, 15) is 4.39 Å². The fourth-order valence-corrected chi connectivity index (χ4v) is 2.31. The van der Waals surface area contributed by atoms with E-state index in [0.29, 0.717) is 11.3 Å². The molecule has 19 heavy (non-hydrogen) atoms. The lowest BCUT2D eigenvalue weighted by atomic mass is 10.0. The average molecular weight is 281 g/mol. The van der Waals surface area contributed by atoms with E-state index in [1.165, 1.54) is 24.7 Å². The van der Waals surface area contributed by atoms with Gasteiger partial charge in [0.1, 0.15) is 11.6 Å². The first kappa shape index (κ1) is 13.9. The summed E-state index contributed by atoms with van der Waals surface area (Å²) in [7, 11) is 1.52. The maximum atomic E-state index is 14.1. The van der Waals surface area contributed by atoms with E-state index in [2.05, 4.69) is 21.8 Å². The zero-order valence-corrected chi connectivity index (χ0v) is 11.7. The Morgan fingerprint density at radius 1 is 1.47 bits per heavy atom. The summed E-state index contributed by atoms with van der Waals surface area (Å²) in [4.78, 5) is 0. The topological polar surface area (TPSA) is 47.0 Å². The van der Waals surface area contributed by atoms with Crippen LogP contribution in [0.5, 0.6) is 5.75 Å². The molecule has 2 rings (SSSR count). The lowest BCUT2D eigenvalue weighted by Gasteiger charge is -2.17. The van der Waals surface area contributed by atoms with E-state index in [4.69, 9.17) is 4.74 Å². The molecule has 2 aromatic rings. The highest BCUT2D eigenvalue weighted by atomic mass is 32.1. The van der Waals surface area contributed by atoms with Gasteiger partial charge in [-0.15, -0.1) is 5.10 Å². The fraction of sp³-hybridized carbons (Fsp3) is 0.385. The molecule has 0 bridgehead atoms. The van der Waals surface area contributed by atoms with Gasteiger partial charge in [-0.2, -0.15) is 0 Å². The van der Waals surface area contributed by atoms with Crippen molar-refractivity contribution in [3.05, 3.63) is 40.7 Å². The molecule has 0 aliphatic rings. The first-order chi connectivity index (χ1) is 9.26. The minimum absolute atomic E-state index is 0.274. The molecule has 1 N–H and O–H groups in total. The van der Waals surface area contributed by atoms with E-state index in [1.807, 2.05) is 5.38 Å². The zero-order valence-electron chi connectivity index (χ0n) is 10.9. The van der Waals surface area contributed by atoms with E-state index >= 15 is 0 Å². The molecule has 1 heterocycles. The average Bonchev–Trinajstić information content (AvgIpc) is 2.94. The van der Waals surface area contributed by atoms with Gasteiger partial charge in [-0.1, -0.05) is 17.5 Å². The van der Waals surface area contributed by atoms with Gasteiger partial charge in [-0.05, 0) is 30.6 Å². The number of aromatic nitrogens is 2. The zero-order chi connectivity index (χ0) is 13.7. The van der Waals surface area contributed by atoms with Gasteiger partial charge in [0.25, 0.3) is 0 Å². The first-order valence-corrected chi connectivity index (χ1v) is 6.93. The molecular weight excluding hydrogens is 265 g/mol. The summed E-state index contributed by atoms with van der Waals surface area (Å²) in [5, 5.41) is 9.16. The van der Waals surface area contributed by atoms with Crippen LogP contribution in [0.15, 0.2) is 23.6 Å². The van der Waals surface area contributed by atoms with Crippen molar-refractivity contribution >= 4 is 11.5 Å². The van der Waals surface area contributed by atoms with Crippen molar-refractivity contribution in [1.29, 1.82) is 0 Å². The third kappa shape index (κ3) is 3.27. The summed E-state index contributed by atoms with van der Waals surface area (Å²) in [6.07, 6.45) is 0.964. The van der Waals surface area contributed by atoms with Crippen LogP contribution >= 0.6 is 11.5 Å². The maximum Gasteiger partial charge on any atom is 0.132 e. The van der Waals surface area contributed by atoms with Gasteiger partial charge < -0.3 is 10.1 Å². The van der Waals surface area contributed by atoms with Crippen molar-refractivity contribution in [2.75, 3.05) is 13.7 Å². The molecule has 0 radical (unpaired) electrons. The molecule has 0 amide bonds. The molecule has 0 spiro atoms. The number of methoxy groups -OCH3 is 1. The SMILES string of the molecule is CCCNC(c1csnn1)c1ccc(OC)cc1F. The van der Waals surface area contributed by atoms with Crippen molar-refractivity contribution in [2.45, 2.75) is 19.4 Å². The van der Waals surface area contributed by atoms with E-state index in [0.717, 1.165) is 18.7 Å². The number of hydrogen-bond donors (Lipinski definition) is 1. The van der Waals surface area contributed by atoms with E-state index in [-0.39, 0.29) is 11.9 Å². The predicted octanol–water partition coefficient (Wildman–Crippen LogP) is 2.77. The van der Waals surface area contributed by atoms with Crippen LogP contribution in [0.2, 0.25) is 0 Å². The van der Waals surface area contributed by atoms with Crippen molar-refractivity contribution in [3.63, 3.8) is 0 Å². The van der Waals surface area contributed by atoms with Gasteiger partial charge in [0, 0.05) is 17.0 Å². The first-order valence-electron chi connectivity index (χ1n) is 6.10. The van der Waals surface area contributed by atoms with Crippen molar-refractivity contribution < 1.29 is 9.13 Å². The van der Waals surface area contributed by atoms with Crippen LogP contribution in [0.1, 0.15) is 30.6 Å². The molecule has 1 unspecified atom stereocenters. The molecule has 0 aliphatic heterocycles. The maximum absolute atomic E-state index is 14.1. The monoisotopic (exact) mass is 281 g/mol. The van der Waals surface area contributed by atoms with Gasteiger partial charge in [-0.25, -0.2) is 4.39 Å². The lowest BCUT2D eigenvalue weighted by molar-refractivity contribution is 0.409. The second kappa shape index (κ2) is 6.58. The van der Waals surface area contributed by atoms with Gasteiger partial charge in [0.05, 0.1) is 18.8 Å². The Labute approximate surface area is 115 Å². The molecule has 1 aromatic carbocycles. The molecule has 0 fully saturated rings. The quantitative estimate of drug-likeness (QED) is 0.884. The standard InChI is InChI=1S/C13H16FN3OS/c1-3-6-15-13(12-8-19-17-16-12)10-5-4-9(18-2)7-11(10)14/h4-5,7-8,13,15H,3,6H2,1-2H3. The normalized spacial score (nSPS) is 12.4. The van der Waals surface area contributed by atoms with Gasteiger partial charge in [0.2, 0.25) is 0 Å². The Kier molecular flexibility index (Phi) is 4.81. The Balaban J connectivity index is 2.32. The highest BCUT2D eigenvalue weighted by Crippen LogP contribution is 2.26. The molecule has 102 valence electrons. The summed E-state index contributed by atoms with van der Waals surface area (Å²) in [5.41, 5.74) is 1.30. The minimum atomic E-state index is -0.305. The van der Waals surface area contributed by atoms with Crippen molar-refractivity contribution in [2.24, 2.45) is 0 Å². The number of rotatable bonds is 6. The smallest absolute Gasteiger partial charge is 0.132 e. The molecule has 1 aromatic heterocycles. The molecule has 0 saturated carbocycles. The highest BCUT2D eigenvalue weighted by molar-refractivity contribution is 7.03. The van der Waals surface area contributed by atoms with Crippen LogP contribution in [-0.4, -0.2) is 23.2 Å². The van der Waals surface area contributed by atoms with Crippen LogP contribution in [0.25, 0.3) is 0 Å². The fourth-order valence-electron chi connectivity index (χ4n) is 1.83. The third-order valence-electron chi connectivity index (χ3n) is 2.79. The van der Waals surface area contributed by atoms with Gasteiger partial charge in [-0.3, -0.25) is 0 Å². The Hall–Kier alpha value is -1.53. The Morgan fingerprint density at radius 2 is 2.32 bits per heavy atom. The van der Waals surface area contributed by atoms with Gasteiger partial charge >= 0.3 is 0 Å². The second-order valence-electron chi connectivity index (χ2n) is 4.10. The van der Waals surface area contributed by atoms with Crippen molar-refractivity contribution in [3.8, 4) is 5.75 Å². The molecule has 0 aliphatic carbocycles. The molecule has 6 heteroatoms. The summed E-state index contributed by atoms with van der Waals surface area (Å²) in [6.45, 7) is 2.85. The summed E-state index contributed by atoms with van der Waals surface area (Å²) in [5.74, 6) is 0.202. The molecule has 0 saturated heterocycles. The Bertz CT molecular complexity index is 519. The summed E-state index contributed by atoms with van der Waals surface area (Å²) < 4.78 is 23.0. The number of nitrogens with zero attached hydrogens (tertiary/aromatic N) is 2.